The number of rotatable bonds is 7. The Hall–Kier alpha value is -2.31. The van der Waals surface area contributed by atoms with Crippen molar-refractivity contribution in [2.75, 3.05) is 44.7 Å². The molecular formula is C25H33N3O6S2. The van der Waals surface area contributed by atoms with Gasteiger partial charge in [0.1, 0.15) is 0 Å². The van der Waals surface area contributed by atoms with E-state index in [9.17, 15) is 21.6 Å². The average molecular weight is 536 g/mol. The van der Waals surface area contributed by atoms with E-state index in [1.165, 1.54) is 20.7 Å². The minimum absolute atomic E-state index is 0.169. The van der Waals surface area contributed by atoms with Crippen molar-refractivity contribution in [3.63, 3.8) is 0 Å². The Morgan fingerprint density at radius 3 is 1.78 bits per heavy atom. The molecule has 2 aromatic carbocycles. The van der Waals surface area contributed by atoms with Crippen LogP contribution in [-0.4, -0.2) is 70.7 Å². The van der Waals surface area contributed by atoms with Crippen LogP contribution in [0.5, 0.6) is 0 Å². The molecule has 2 aromatic rings. The largest absolute Gasteiger partial charge is 0.379 e. The van der Waals surface area contributed by atoms with Gasteiger partial charge in [0.25, 0.3) is 0 Å². The second kappa shape index (κ2) is 11.0. The lowest BCUT2D eigenvalue weighted by molar-refractivity contribution is -0.120. The van der Waals surface area contributed by atoms with E-state index in [0.29, 0.717) is 50.8 Å². The molecule has 1 amide bonds. The minimum Gasteiger partial charge on any atom is -0.379 e. The summed E-state index contributed by atoms with van der Waals surface area (Å²) in [6.45, 7) is 6.03. The number of amides is 1. The minimum atomic E-state index is -3.61. The zero-order valence-corrected chi connectivity index (χ0v) is 22.2. The van der Waals surface area contributed by atoms with Gasteiger partial charge in [0, 0.05) is 37.8 Å². The highest BCUT2D eigenvalue weighted by Gasteiger charge is 2.32. The van der Waals surface area contributed by atoms with Crippen LogP contribution in [0, 0.1) is 5.92 Å². The normalized spacial score (nSPS) is 18.9. The maximum absolute atomic E-state index is 13.0. The molecule has 0 radical (unpaired) electrons. The van der Waals surface area contributed by atoms with Crippen LogP contribution < -0.4 is 5.32 Å². The molecule has 0 atom stereocenters. The van der Waals surface area contributed by atoms with E-state index in [-0.39, 0.29) is 34.7 Å². The van der Waals surface area contributed by atoms with Crippen molar-refractivity contribution in [3.05, 3.63) is 54.1 Å². The molecule has 0 aromatic heterocycles. The summed E-state index contributed by atoms with van der Waals surface area (Å²) < 4.78 is 59.6. The predicted octanol–water partition coefficient (Wildman–Crippen LogP) is 2.87. The standard InChI is InChI=1S/C25H33N3O6S2/c1-19(2)20-3-7-23(8-4-20)35(30,31)27-13-11-21(12-14-27)25(29)26-22-5-9-24(10-6-22)36(32,33)28-15-17-34-18-16-28/h3-10,19,21H,11-18H2,1-2H3,(H,26,29). The lowest BCUT2D eigenvalue weighted by Gasteiger charge is -2.30. The maximum Gasteiger partial charge on any atom is 0.243 e. The Morgan fingerprint density at radius 2 is 1.28 bits per heavy atom. The van der Waals surface area contributed by atoms with Crippen LogP contribution in [0.2, 0.25) is 0 Å². The van der Waals surface area contributed by atoms with Gasteiger partial charge in [0.05, 0.1) is 23.0 Å². The number of piperidine rings is 1. The van der Waals surface area contributed by atoms with Gasteiger partial charge in [-0.05, 0) is 60.7 Å². The molecule has 0 unspecified atom stereocenters. The van der Waals surface area contributed by atoms with Crippen LogP contribution in [0.15, 0.2) is 58.3 Å². The highest BCUT2D eigenvalue weighted by atomic mass is 32.2. The Labute approximate surface area is 213 Å². The van der Waals surface area contributed by atoms with E-state index < -0.39 is 20.0 Å². The first-order chi connectivity index (χ1) is 17.1. The number of hydrogen-bond acceptors (Lipinski definition) is 6. The summed E-state index contributed by atoms with van der Waals surface area (Å²) in [6, 6.07) is 13.1. The summed E-state index contributed by atoms with van der Waals surface area (Å²) in [5.41, 5.74) is 1.58. The number of morpholine rings is 1. The van der Waals surface area contributed by atoms with Crippen molar-refractivity contribution in [2.24, 2.45) is 5.92 Å². The summed E-state index contributed by atoms with van der Waals surface area (Å²) in [7, 11) is -7.21. The third kappa shape index (κ3) is 5.81. The zero-order chi connectivity index (χ0) is 25.9. The van der Waals surface area contributed by atoms with Gasteiger partial charge in [-0.15, -0.1) is 0 Å². The van der Waals surface area contributed by atoms with Gasteiger partial charge < -0.3 is 10.1 Å². The van der Waals surface area contributed by atoms with E-state index in [0.717, 1.165) is 5.56 Å². The van der Waals surface area contributed by atoms with Crippen molar-refractivity contribution in [1.82, 2.24) is 8.61 Å². The molecule has 36 heavy (non-hydrogen) atoms. The first-order valence-corrected chi connectivity index (χ1v) is 15.1. The van der Waals surface area contributed by atoms with E-state index in [1.807, 2.05) is 12.1 Å². The van der Waals surface area contributed by atoms with Crippen LogP contribution in [0.25, 0.3) is 0 Å². The van der Waals surface area contributed by atoms with Crippen molar-refractivity contribution in [3.8, 4) is 0 Å². The van der Waals surface area contributed by atoms with E-state index in [4.69, 9.17) is 4.74 Å². The second-order valence-corrected chi connectivity index (χ2v) is 13.3. The van der Waals surface area contributed by atoms with Crippen molar-refractivity contribution < 1.29 is 26.4 Å². The molecule has 0 saturated carbocycles. The summed E-state index contributed by atoms with van der Waals surface area (Å²) in [4.78, 5) is 13.2. The molecule has 2 aliphatic heterocycles. The number of anilines is 1. The highest BCUT2D eigenvalue weighted by molar-refractivity contribution is 7.89. The smallest absolute Gasteiger partial charge is 0.243 e. The lowest BCUT2D eigenvalue weighted by Crippen LogP contribution is -2.41. The van der Waals surface area contributed by atoms with Gasteiger partial charge in [-0.25, -0.2) is 16.8 Å². The SMILES string of the molecule is CC(C)c1ccc(S(=O)(=O)N2CCC(C(=O)Nc3ccc(S(=O)(=O)N4CCOCC4)cc3)CC2)cc1. The molecule has 11 heteroatoms. The molecule has 0 bridgehead atoms. The first kappa shape index (κ1) is 26.7. The third-order valence-corrected chi connectivity index (χ3v) is 10.6. The Bertz CT molecular complexity index is 1260. The fraction of sp³-hybridized carbons (Fsp3) is 0.480. The third-order valence-electron chi connectivity index (χ3n) is 6.74. The summed E-state index contributed by atoms with van der Waals surface area (Å²) in [5.74, 6) is -0.199. The number of carbonyl (C=O) groups is 1. The molecule has 0 aliphatic carbocycles. The van der Waals surface area contributed by atoms with E-state index in [2.05, 4.69) is 19.2 Å². The molecule has 1 N–H and O–H groups in total. The van der Waals surface area contributed by atoms with E-state index in [1.54, 1.807) is 24.3 Å². The summed E-state index contributed by atoms with van der Waals surface area (Å²) >= 11 is 0. The summed E-state index contributed by atoms with van der Waals surface area (Å²) in [6.07, 6.45) is 0.831. The van der Waals surface area contributed by atoms with Crippen molar-refractivity contribution >= 4 is 31.6 Å². The lowest BCUT2D eigenvalue weighted by atomic mass is 9.97. The summed E-state index contributed by atoms with van der Waals surface area (Å²) in [5, 5.41) is 2.84. The topological polar surface area (TPSA) is 113 Å². The zero-order valence-electron chi connectivity index (χ0n) is 20.6. The number of carbonyl (C=O) groups excluding carboxylic acids is 1. The molecule has 4 rings (SSSR count). The van der Waals surface area contributed by atoms with Gasteiger partial charge in [0.15, 0.2) is 0 Å². The Balaban J connectivity index is 1.33. The molecule has 2 aliphatic rings. The molecule has 196 valence electrons. The number of hydrogen-bond donors (Lipinski definition) is 1. The van der Waals surface area contributed by atoms with E-state index >= 15 is 0 Å². The highest BCUT2D eigenvalue weighted by Crippen LogP contribution is 2.26. The van der Waals surface area contributed by atoms with Gasteiger partial charge in [0.2, 0.25) is 26.0 Å². The second-order valence-electron chi connectivity index (χ2n) is 9.43. The fourth-order valence-electron chi connectivity index (χ4n) is 4.42. The number of sulfonamides is 2. The number of benzene rings is 2. The maximum atomic E-state index is 13.0. The quantitative estimate of drug-likeness (QED) is 0.583. The van der Waals surface area contributed by atoms with Crippen LogP contribution in [-0.2, 0) is 29.6 Å². The predicted molar refractivity (Wildman–Crippen MR) is 137 cm³/mol. The molecule has 2 saturated heterocycles. The Morgan fingerprint density at radius 1 is 0.806 bits per heavy atom. The van der Waals surface area contributed by atoms with Crippen LogP contribution in [0.4, 0.5) is 5.69 Å². The van der Waals surface area contributed by atoms with Crippen molar-refractivity contribution in [1.29, 1.82) is 0 Å². The van der Waals surface area contributed by atoms with Gasteiger partial charge in [-0.3, -0.25) is 4.79 Å². The number of nitrogens with one attached hydrogen (secondary N) is 1. The van der Waals surface area contributed by atoms with Crippen LogP contribution in [0.1, 0.15) is 38.2 Å². The molecule has 2 fully saturated rings. The average Bonchev–Trinajstić information content (AvgIpc) is 2.89. The molecule has 0 spiro atoms. The molecule has 2 heterocycles. The van der Waals surface area contributed by atoms with Gasteiger partial charge in [-0.2, -0.15) is 8.61 Å². The van der Waals surface area contributed by atoms with Crippen LogP contribution >= 0.6 is 0 Å². The van der Waals surface area contributed by atoms with Gasteiger partial charge in [-0.1, -0.05) is 26.0 Å². The molecule has 9 nitrogen and oxygen atoms in total. The van der Waals surface area contributed by atoms with Gasteiger partial charge >= 0.3 is 0 Å². The fourth-order valence-corrected chi connectivity index (χ4v) is 7.30. The number of ether oxygens (including phenoxy) is 1. The molecular weight excluding hydrogens is 502 g/mol. The first-order valence-electron chi connectivity index (χ1n) is 12.2. The number of nitrogens with zero attached hydrogens (tertiary/aromatic N) is 2. The van der Waals surface area contributed by atoms with Crippen LogP contribution in [0.3, 0.4) is 0 Å². The van der Waals surface area contributed by atoms with Crippen molar-refractivity contribution in [2.45, 2.75) is 42.4 Å². The monoisotopic (exact) mass is 535 g/mol. The Kier molecular flexibility index (Phi) is 8.15.